The molecule has 1 unspecified atom stereocenters. The van der Waals surface area contributed by atoms with E-state index in [4.69, 9.17) is 21.7 Å². The highest BCUT2D eigenvalue weighted by Crippen LogP contribution is 2.18. The Bertz CT molecular complexity index is 2490. The molecule has 1 fully saturated rings. The van der Waals surface area contributed by atoms with Gasteiger partial charge in [-0.1, -0.05) is 26.0 Å². The first kappa shape index (κ1) is 63.6. The summed E-state index contributed by atoms with van der Waals surface area (Å²) in [6.45, 7) is 3.19. The third-order valence-corrected chi connectivity index (χ3v) is 13.6. The van der Waals surface area contributed by atoms with Crippen LogP contribution in [-0.2, 0) is 45.2 Å². The predicted molar refractivity (Wildman–Crippen MR) is 275 cm³/mol. The van der Waals surface area contributed by atoms with Crippen LogP contribution in [0.25, 0.3) is 0 Å². The summed E-state index contributed by atoms with van der Waals surface area (Å²) in [5.41, 5.74) is 0.705. The third kappa shape index (κ3) is 25.5. The summed E-state index contributed by atoms with van der Waals surface area (Å²) in [6.07, 6.45) is 0.212. The zero-order chi connectivity index (χ0) is 57.3. The number of carbonyl (C=O) groups excluding carboxylic acids is 7. The quantitative estimate of drug-likeness (QED) is 0.0307. The van der Waals surface area contributed by atoms with Crippen LogP contribution < -0.4 is 66.9 Å². The van der Waals surface area contributed by atoms with Gasteiger partial charge in [-0.2, -0.15) is 0 Å². The number of alkyl carbamates (subject to hydrolysis) is 1. The van der Waals surface area contributed by atoms with Crippen molar-refractivity contribution >= 4 is 80.8 Å². The highest BCUT2D eigenvalue weighted by molar-refractivity contribution is 7.89. The van der Waals surface area contributed by atoms with Gasteiger partial charge < -0.3 is 90.9 Å². The van der Waals surface area contributed by atoms with Crippen LogP contribution in [-0.4, -0.2) is 223 Å². The van der Waals surface area contributed by atoms with E-state index in [1.165, 1.54) is 26.8 Å². The van der Waals surface area contributed by atoms with Gasteiger partial charge in [-0.15, -0.1) is 0 Å². The second kappa shape index (κ2) is 32.1. The van der Waals surface area contributed by atoms with Crippen molar-refractivity contribution in [1.29, 1.82) is 0 Å². The summed E-state index contributed by atoms with van der Waals surface area (Å²) in [5, 5.41) is 75.9. The number of ether oxygens (including phenoxy) is 2. The minimum atomic E-state index is -4.32. The number of carbonyl (C=O) groups is 7. The molecular weight excluding hydrogens is 1060 g/mol. The number of carboxylic acids is 5. The molecule has 2 amide bonds. The Kier molecular flexibility index (Phi) is 26.1. The van der Waals surface area contributed by atoms with Crippen molar-refractivity contribution in [1.82, 2.24) is 50.9 Å². The number of anilines is 1. The molecule has 0 aliphatic carbocycles. The van der Waals surface area contributed by atoms with Gasteiger partial charge in [-0.25, -0.2) is 17.9 Å². The molecule has 2 aromatic carbocycles. The van der Waals surface area contributed by atoms with Gasteiger partial charge in [-0.05, 0) is 67.0 Å². The molecule has 30 heteroatoms. The molecule has 78 heavy (non-hydrogen) atoms. The van der Waals surface area contributed by atoms with Crippen LogP contribution in [0, 0.1) is 5.41 Å². The standard InChI is InChI=1S/C48H72N12O16S2/c1-48(2,32-76-47(72)52-15-23-78(73,74)56-38(44(70)71)25-53-43(69)34-6-10-37(11-7-34)75-22-14-51-45-49-12-3-13-50-45)31-54-46(77)55-35-8-4-33(5-9-35)24-36-26-59(29-41(65)66)19-18-57(27-39(61)62)16-17-58(28-40(63)64)20-21-60(36)30-42(67)68/h4-11,36,38,56H,3,12-32H2,1-2H3,(H,52,72)(H,53,69)(H,61,62)(H,63,64)(H,65,66)(H,67,68)(H,70,71)(H2,49,50,51)(H2,54,55,77)/p-5/t36?,38-/m0/s1. The molecule has 4 rings (SSSR count). The Hall–Kier alpha value is -6.96. The maximum absolute atomic E-state index is 12.7. The number of amides is 2. The van der Waals surface area contributed by atoms with Gasteiger partial charge in [0.15, 0.2) is 11.1 Å². The molecule has 2 atom stereocenters. The summed E-state index contributed by atoms with van der Waals surface area (Å²) in [6, 6.07) is 10.4. The number of rotatable bonds is 28. The molecule has 0 radical (unpaired) electrons. The lowest BCUT2D eigenvalue weighted by Crippen LogP contribution is -2.55. The Morgan fingerprint density at radius 2 is 1.38 bits per heavy atom. The van der Waals surface area contributed by atoms with E-state index in [9.17, 15) is 67.5 Å². The normalized spacial score (nSPS) is 16.8. The first-order chi connectivity index (χ1) is 36.9. The molecule has 0 saturated carbocycles. The largest absolute Gasteiger partial charge is 0.549 e. The van der Waals surface area contributed by atoms with Crippen molar-refractivity contribution in [3.8, 4) is 5.75 Å². The number of guanidine groups is 1. The number of sulfonamides is 1. The molecule has 0 aromatic heterocycles. The smallest absolute Gasteiger partial charge is 0.407 e. The zero-order valence-corrected chi connectivity index (χ0v) is 45.0. The number of hydrogen-bond donors (Lipinski definition) is 7. The van der Waals surface area contributed by atoms with E-state index in [1.807, 2.05) is 4.72 Å². The average Bonchev–Trinajstić information content (AvgIpc) is 3.37. The number of aliphatic carboxylic acids is 5. The van der Waals surface area contributed by atoms with E-state index in [0.717, 1.165) is 19.5 Å². The summed E-state index contributed by atoms with van der Waals surface area (Å²) >= 11 is 5.48. The van der Waals surface area contributed by atoms with E-state index in [-0.39, 0.29) is 76.1 Å². The summed E-state index contributed by atoms with van der Waals surface area (Å²) in [7, 11) is -4.32. The summed E-state index contributed by atoms with van der Waals surface area (Å²) in [4.78, 5) is 94.3. The molecule has 7 N–H and O–H groups in total. The SMILES string of the molecule is CC(C)(CNC(=S)Nc1ccc(CC2CN(CC(=O)[O-])CCN(CC(=O)[O-])CCN(CC(=O)[O-])CCN2CC(=O)[O-])cc1)COC(=O)NCCS(=O)(=O)N[C@@H](CNC(=O)c1ccc(OCCNC2=NCCCN2)cc1)C(=O)[O-]. The molecule has 432 valence electrons. The molecule has 1 saturated heterocycles. The van der Waals surface area contributed by atoms with Crippen molar-refractivity contribution in [3.05, 3.63) is 59.7 Å². The molecule has 28 nitrogen and oxygen atoms in total. The molecule has 2 aromatic rings. The van der Waals surface area contributed by atoms with Crippen molar-refractivity contribution in [2.45, 2.75) is 38.8 Å². The van der Waals surface area contributed by atoms with Gasteiger partial charge in [0.2, 0.25) is 10.0 Å². The topological polar surface area (TPSA) is 397 Å². The number of nitrogens with one attached hydrogen (secondary N) is 7. The van der Waals surface area contributed by atoms with Crippen LogP contribution in [0.4, 0.5) is 10.5 Å². The Morgan fingerprint density at radius 3 is 1.97 bits per heavy atom. The molecule has 0 spiro atoms. The number of aliphatic imine (C=N–C) groups is 1. The first-order valence-electron chi connectivity index (χ1n) is 24.9. The number of benzene rings is 2. The molecule has 0 bridgehead atoms. The Morgan fingerprint density at radius 1 is 0.782 bits per heavy atom. The lowest BCUT2D eigenvalue weighted by molar-refractivity contribution is -0.309. The third-order valence-electron chi connectivity index (χ3n) is 11.9. The van der Waals surface area contributed by atoms with Crippen LogP contribution in [0.1, 0.15) is 36.2 Å². The van der Waals surface area contributed by atoms with Gasteiger partial charge in [0.1, 0.15) is 12.4 Å². The highest BCUT2D eigenvalue weighted by atomic mass is 32.2. The van der Waals surface area contributed by atoms with Crippen molar-refractivity contribution < 1.29 is 77.0 Å². The van der Waals surface area contributed by atoms with Gasteiger partial charge >= 0.3 is 6.09 Å². The van der Waals surface area contributed by atoms with E-state index in [2.05, 4.69) is 36.9 Å². The van der Waals surface area contributed by atoms with Crippen LogP contribution in [0.5, 0.6) is 5.75 Å². The first-order valence-corrected chi connectivity index (χ1v) is 27.0. The Labute approximate surface area is 457 Å². The van der Waals surface area contributed by atoms with Crippen LogP contribution in [0.3, 0.4) is 0 Å². The van der Waals surface area contributed by atoms with E-state index < -0.39 is 114 Å². The maximum Gasteiger partial charge on any atom is 0.407 e. The van der Waals surface area contributed by atoms with Crippen molar-refractivity contribution in [3.63, 3.8) is 0 Å². The summed E-state index contributed by atoms with van der Waals surface area (Å²) < 4.78 is 38.4. The van der Waals surface area contributed by atoms with E-state index in [0.29, 0.717) is 36.1 Å². The monoisotopic (exact) mass is 1130 g/mol. The second-order valence-corrected chi connectivity index (χ2v) is 21.4. The number of nitrogens with zero attached hydrogens (tertiary/aromatic N) is 5. The number of hydrogen-bond acceptors (Lipinski definition) is 24. The summed E-state index contributed by atoms with van der Waals surface area (Å²) in [5.74, 6) is -7.60. The number of carboxylic acid groups (broad SMARTS) is 5. The molecule has 2 heterocycles. The van der Waals surface area contributed by atoms with Crippen molar-refractivity contribution in [2.24, 2.45) is 10.4 Å². The average molecular weight is 1130 g/mol. The van der Waals surface area contributed by atoms with Crippen LogP contribution in [0.2, 0.25) is 0 Å². The van der Waals surface area contributed by atoms with Crippen LogP contribution >= 0.6 is 12.2 Å². The van der Waals surface area contributed by atoms with Gasteiger partial charge in [0, 0.05) is 127 Å². The fourth-order valence-corrected chi connectivity index (χ4v) is 9.19. The lowest BCUT2D eigenvalue weighted by atomic mass is 9.95. The van der Waals surface area contributed by atoms with Crippen molar-refractivity contribution in [2.75, 3.05) is 136 Å². The highest BCUT2D eigenvalue weighted by Gasteiger charge is 2.27. The zero-order valence-electron chi connectivity index (χ0n) is 43.4. The minimum Gasteiger partial charge on any atom is -0.549 e. The maximum atomic E-state index is 12.7. The molecule has 2 aliphatic heterocycles. The molecular formula is C48H67N12O16S2-5. The van der Waals surface area contributed by atoms with Gasteiger partial charge in [-0.3, -0.25) is 29.4 Å². The minimum absolute atomic E-state index is 0.0103. The van der Waals surface area contributed by atoms with Crippen LogP contribution in [0.15, 0.2) is 53.5 Å². The second-order valence-electron chi connectivity index (χ2n) is 19.1. The Balaban J connectivity index is 1.21. The lowest BCUT2D eigenvalue weighted by Gasteiger charge is -2.39. The fourth-order valence-electron chi connectivity index (χ4n) is 7.90. The number of thiocarbonyl (C=S) groups is 1. The van der Waals surface area contributed by atoms with E-state index in [1.54, 1.807) is 55.1 Å². The van der Waals surface area contributed by atoms with Gasteiger partial charge in [0.25, 0.3) is 5.91 Å². The van der Waals surface area contributed by atoms with Gasteiger partial charge in [0.05, 0.1) is 54.8 Å². The fraction of sp³-hybridized carbons (Fsp3) is 0.562. The van der Waals surface area contributed by atoms with E-state index >= 15 is 0 Å². The predicted octanol–water partition coefficient (Wildman–Crippen LogP) is -8.36. The molecule has 2 aliphatic rings.